The van der Waals surface area contributed by atoms with Crippen molar-refractivity contribution in [1.29, 1.82) is 5.26 Å². The predicted octanol–water partition coefficient (Wildman–Crippen LogP) is 0.805. The number of anilines is 1. The molecular weight excluding hydrogens is 208 g/mol. The van der Waals surface area contributed by atoms with Gasteiger partial charge in [-0.1, -0.05) is 12.1 Å². The van der Waals surface area contributed by atoms with Crippen molar-refractivity contribution >= 4 is 11.7 Å². The zero-order chi connectivity index (χ0) is 11.7. The summed E-state index contributed by atoms with van der Waals surface area (Å²) in [5.74, 6) is -1.06. The maximum Gasteiger partial charge on any atom is 0.337 e. The Morgan fingerprint density at radius 2 is 2.19 bits per heavy atom. The summed E-state index contributed by atoms with van der Waals surface area (Å²) in [6.45, 7) is 0. The highest BCUT2D eigenvalue weighted by molar-refractivity contribution is 5.94. The van der Waals surface area contributed by atoms with Crippen LogP contribution < -0.4 is 4.90 Å². The molecule has 0 spiro atoms. The number of carbonyl (C=O) groups is 1. The highest BCUT2D eigenvalue weighted by Gasteiger charge is 2.38. The average molecular weight is 218 g/mol. The number of hydrogen-bond donors (Lipinski definition) is 2. The molecule has 0 bridgehead atoms. The first-order chi connectivity index (χ1) is 7.65. The van der Waals surface area contributed by atoms with Gasteiger partial charge >= 0.3 is 5.97 Å². The topological polar surface area (TPSA) is 84.6 Å². The van der Waals surface area contributed by atoms with E-state index in [2.05, 4.69) is 0 Å². The number of aromatic carboxylic acids is 1. The fourth-order valence-electron chi connectivity index (χ4n) is 1.82. The van der Waals surface area contributed by atoms with Gasteiger partial charge in [-0.2, -0.15) is 5.26 Å². The first-order valence-electron chi connectivity index (χ1n) is 4.83. The van der Waals surface area contributed by atoms with Crippen molar-refractivity contribution in [2.45, 2.75) is 18.7 Å². The maximum atomic E-state index is 11.0. The number of rotatable bonds is 2. The SMILES string of the molecule is N#CC1CC(O)N1c1ccccc1C(=O)O. The third-order valence-electron chi connectivity index (χ3n) is 2.65. The van der Waals surface area contributed by atoms with Gasteiger partial charge in [-0.15, -0.1) is 0 Å². The number of para-hydroxylation sites is 1. The molecule has 0 saturated carbocycles. The van der Waals surface area contributed by atoms with Crippen molar-refractivity contribution in [1.82, 2.24) is 0 Å². The first-order valence-corrected chi connectivity index (χ1v) is 4.83. The molecule has 1 saturated heterocycles. The van der Waals surface area contributed by atoms with Gasteiger partial charge in [-0.05, 0) is 12.1 Å². The molecule has 5 heteroatoms. The minimum Gasteiger partial charge on any atom is -0.478 e. The van der Waals surface area contributed by atoms with Crippen LogP contribution in [0.2, 0.25) is 0 Å². The van der Waals surface area contributed by atoms with Gasteiger partial charge in [0.15, 0.2) is 0 Å². The van der Waals surface area contributed by atoms with Crippen LogP contribution in [0.15, 0.2) is 24.3 Å². The minimum absolute atomic E-state index is 0.0986. The summed E-state index contributed by atoms with van der Waals surface area (Å²) in [6, 6.07) is 7.91. The molecule has 5 nitrogen and oxygen atoms in total. The number of benzene rings is 1. The smallest absolute Gasteiger partial charge is 0.337 e. The van der Waals surface area contributed by atoms with Gasteiger partial charge < -0.3 is 15.1 Å². The molecule has 0 amide bonds. The van der Waals surface area contributed by atoms with E-state index in [1.165, 1.54) is 11.0 Å². The summed E-state index contributed by atoms with van der Waals surface area (Å²) in [4.78, 5) is 12.4. The number of aliphatic hydroxyl groups is 1. The molecule has 82 valence electrons. The van der Waals surface area contributed by atoms with E-state index in [0.29, 0.717) is 12.1 Å². The molecule has 0 radical (unpaired) electrons. The normalized spacial score (nSPS) is 23.4. The summed E-state index contributed by atoms with van der Waals surface area (Å²) in [5.41, 5.74) is 0.488. The van der Waals surface area contributed by atoms with Gasteiger partial charge in [0.1, 0.15) is 12.3 Å². The Kier molecular flexibility index (Phi) is 2.50. The number of aliphatic hydroxyl groups excluding tert-OH is 1. The average Bonchev–Trinajstić information content (AvgIpc) is 2.26. The summed E-state index contributed by atoms with van der Waals surface area (Å²) in [6.07, 6.45) is -0.421. The molecule has 1 fully saturated rings. The van der Waals surface area contributed by atoms with Gasteiger partial charge in [-0.3, -0.25) is 0 Å². The monoisotopic (exact) mass is 218 g/mol. The summed E-state index contributed by atoms with van der Waals surface area (Å²) < 4.78 is 0. The van der Waals surface area contributed by atoms with Crippen molar-refractivity contribution in [2.75, 3.05) is 4.90 Å². The van der Waals surface area contributed by atoms with Crippen LogP contribution in [0.3, 0.4) is 0 Å². The summed E-state index contributed by atoms with van der Waals surface area (Å²) in [5, 5.41) is 27.4. The number of carboxylic acids is 1. The molecule has 16 heavy (non-hydrogen) atoms. The number of nitriles is 1. The van der Waals surface area contributed by atoms with E-state index in [0.717, 1.165) is 0 Å². The van der Waals surface area contributed by atoms with Crippen LogP contribution in [0, 0.1) is 11.3 Å². The van der Waals surface area contributed by atoms with Gasteiger partial charge in [0.05, 0.1) is 17.3 Å². The van der Waals surface area contributed by atoms with Gasteiger partial charge in [0, 0.05) is 6.42 Å². The molecule has 0 aromatic heterocycles. The highest BCUT2D eigenvalue weighted by Crippen LogP contribution is 2.33. The molecular formula is C11H10N2O3. The Morgan fingerprint density at radius 1 is 1.50 bits per heavy atom. The zero-order valence-electron chi connectivity index (χ0n) is 8.37. The van der Waals surface area contributed by atoms with Crippen LogP contribution >= 0.6 is 0 Å². The molecule has 1 aromatic carbocycles. The van der Waals surface area contributed by atoms with Crippen LogP contribution in [0.1, 0.15) is 16.8 Å². The maximum absolute atomic E-state index is 11.0. The first kappa shape index (κ1) is 10.5. The van der Waals surface area contributed by atoms with Crippen LogP contribution in [0.25, 0.3) is 0 Å². The minimum atomic E-state index is -1.06. The van der Waals surface area contributed by atoms with Crippen LogP contribution in [-0.2, 0) is 0 Å². The van der Waals surface area contributed by atoms with Gasteiger partial charge in [0.2, 0.25) is 0 Å². The van der Waals surface area contributed by atoms with E-state index in [9.17, 15) is 9.90 Å². The molecule has 1 aliphatic heterocycles. The van der Waals surface area contributed by atoms with Crippen molar-refractivity contribution in [2.24, 2.45) is 0 Å². The lowest BCUT2D eigenvalue weighted by Crippen LogP contribution is -2.56. The zero-order valence-corrected chi connectivity index (χ0v) is 8.37. The Balaban J connectivity index is 2.40. The second-order valence-electron chi connectivity index (χ2n) is 3.59. The van der Waals surface area contributed by atoms with Gasteiger partial charge in [0.25, 0.3) is 0 Å². The second kappa shape index (κ2) is 3.83. The quantitative estimate of drug-likeness (QED) is 0.767. The lowest BCUT2D eigenvalue weighted by atomic mass is 9.99. The van der Waals surface area contributed by atoms with E-state index < -0.39 is 18.2 Å². The number of hydrogen-bond acceptors (Lipinski definition) is 4. The van der Waals surface area contributed by atoms with E-state index in [1.807, 2.05) is 6.07 Å². The second-order valence-corrected chi connectivity index (χ2v) is 3.59. The molecule has 1 heterocycles. The Hall–Kier alpha value is -2.06. The lowest BCUT2D eigenvalue weighted by Gasteiger charge is -2.44. The number of nitrogens with zero attached hydrogens (tertiary/aromatic N) is 2. The van der Waals surface area contributed by atoms with Crippen molar-refractivity contribution in [3.8, 4) is 6.07 Å². The van der Waals surface area contributed by atoms with Crippen molar-refractivity contribution in [3.05, 3.63) is 29.8 Å². The molecule has 1 aromatic rings. The number of carboxylic acid groups (broad SMARTS) is 1. The fraction of sp³-hybridized carbons (Fsp3) is 0.273. The van der Waals surface area contributed by atoms with E-state index in [1.54, 1.807) is 18.2 Å². The van der Waals surface area contributed by atoms with Crippen LogP contribution in [0.4, 0.5) is 5.69 Å². The molecule has 2 atom stereocenters. The summed E-state index contributed by atoms with van der Waals surface area (Å²) in [7, 11) is 0. The van der Waals surface area contributed by atoms with E-state index in [-0.39, 0.29) is 5.56 Å². The Labute approximate surface area is 92.2 Å². The Bertz CT molecular complexity index is 467. The van der Waals surface area contributed by atoms with Crippen molar-refractivity contribution < 1.29 is 15.0 Å². The molecule has 1 aliphatic rings. The third-order valence-corrected chi connectivity index (χ3v) is 2.65. The van der Waals surface area contributed by atoms with Crippen LogP contribution in [0.5, 0.6) is 0 Å². The molecule has 2 rings (SSSR count). The van der Waals surface area contributed by atoms with Crippen molar-refractivity contribution in [3.63, 3.8) is 0 Å². The molecule has 2 N–H and O–H groups in total. The van der Waals surface area contributed by atoms with E-state index in [4.69, 9.17) is 10.4 Å². The largest absolute Gasteiger partial charge is 0.478 e. The summed E-state index contributed by atoms with van der Waals surface area (Å²) >= 11 is 0. The highest BCUT2D eigenvalue weighted by atomic mass is 16.4. The van der Waals surface area contributed by atoms with E-state index >= 15 is 0 Å². The van der Waals surface area contributed by atoms with Gasteiger partial charge in [-0.25, -0.2) is 4.79 Å². The standard InChI is InChI=1S/C11H10N2O3/c12-6-7-5-10(14)13(7)9-4-2-1-3-8(9)11(15)16/h1-4,7,10,14H,5H2,(H,15,16). The Morgan fingerprint density at radius 3 is 2.75 bits per heavy atom. The lowest BCUT2D eigenvalue weighted by molar-refractivity contribution is 0.0692. The fourth-order valence-corrected chi connectivity index (χ4v) is 1.82. The van der Waals surface area contributed by atoms with Crippen LogP contribution in [-0.4, -0.2) is 28.5 Å². The predicted molar refractivity (Wildman–Crippen MR) is 55.9 cm³/mol. The third kappa shape index (κ3) is 1.49. The molecule has 0 aliphatic carbocycles. The molecule has 2 unspecified atom stereocenters.